The molecule has 3 rings (SSSR count). The van der Waals surface area contributed by atoms with Crippen molar-refractivity contribution in [3.05, 3.63) is 65.7 Å². The van der Waals surface area contributed by atoms with Gasteiger partial charge in [-0.25, -0.2) is 0 Å². The summed E-state index contributed by atoms with van der Waals surface area (Å²) < 4.78 is 0. The van der Waals surface area contributed by atoms with Gasteiger partial charge in [0.1, 0.15) is 0 Å². The molecule has 0 amide bonds. The van der Waals surface area contributed by atoms with E-state index in [4.69, 9.17) is 0 Å². The van der Waals surface area contributed by atoms with Gasteiger partial charge in [-0.05, 0) is 37.6 Å². The molecule has 104 valence electrons. The summed E-state index contributed by atoms with van der Waals surface area (Å²) in [5.41, 5.74) is 4.17. The second kappa shape index (κ2) is 5.68. The summed E-state index contributed by atoms with van der Waals surface area (Å²) in [6.07, 6.45) is 1.16. The molecule has 0 fully saturated rings. The molecule has 0 aromatic heterocycles. The zero-order valence-corrected chi connectivity index (χ0v) is 12.2. The topological polar surface area (TPSA) is 15.3 Å². The fourth-order valence-corrected chi connectivity index (χ4v) is 3.20. The van der Waals surface area contributed by atoms with Crippen LogP contribution >= 0.6 is 0 Å². The second-order valence-electron chi connectivity index (χ2n) is 5.47. The highest BCUT2D eigenvalue weighted by atomic mass is 15.2. The lowest BCUT2D eigenvalue weighted by Gasteiger charge is -2.39. The third-order valence-electron chi connectivity index (χ3n) is 4.38. The van der Waals surface area contributed by atoms with Crippen LogP contribution < -0.4 is 10.2 Å². The van der Waals surface area contributed by atoms with Gasteiger partial charge in [0.15, 0.2) is 0 Å². The van der Waals surface area contributed by atoms with Gasteiger partial charge in [0, 0.05) is 18.3 Å². The number of para-hydroxylation sites is 1. The largest absolute Gasteiger partial charge is 0.364 e. The van der Waals surface area contributed by atoms with E-state index >= 15 is 0 Å². The van der Waals surface area contributed by atoms with Crippen molar-refractivity contribution in [3.63, 3.8) is 0 Å². The minimum absolute atomic E-state index is 0.412. The summed E-state index contributed by atoms with van der Waals surface area (Å²) in [5, 5.41) is 3.43. The van der Waals surface area contributed by atoms with Crippen molar-refractivity contribution in [2.45, 2.75) is 25.4 Å². The van der Waals surface area contributed by atoms with Gasteiger partial charge in [-0.2, -0.15) is 0 Å². The maximum Gasteiger partial charge on any atom is 0.0514 e. The van der Waals surface area contributed by atoms with Crippen molar-refractivity contribution in [3.8, 4) is 0 Å². The Hall–Kier alpha value is -1.80. The molecule has 1 aliphatic rings. The average molecular weight is 266 g/mol. The predicted octanol–water partition coefficient (Wildman–Crippen LogP) is 3.92. The van der Waals surface area contributed by atoms with Gasteiger partial charge >= 0.3 is 0 Å². The van der Waals surface area contributed by atoms with E-state index in [1.54, 1.807) is 0 Å². The SMILES string of the molecule is CNC1CCN(C(C)c2ccccc2)c2ccccc21. The summed E-state index contributed by atoms with van der Waals surface area (Å²) in [5.74, 6) is 0. The first-order valence-electron chi connectivity index (χ1n) is 7.39. The van der Waals surface area contributed by atoms with Crippen molar-refractivity contribution in [1.82, 2.24) is 5.32 Å². The Bertz CT molecular complexity index is 565. The predicted molar refractivity (Wildman–Crippen MR) is 85.1 cm³/mol. The average Bonchev–Trinajstić information content (AvgIpc) is 2.54. The summed E-state index contributed by atoms with van der Waals surface area (Å²) in [6.45, 7) is 3.39. The molecule has 1 heterocycles. The Morgan fingerprint density at radius 3 is 2.50 bits per heavy atom. The minimum Gasteiger partial charge on any atom is -0.364 e. The smallest absolute Gasteiger partial charge is 0.0514 e. The molecule has 2 nitrogen and oxygen atoms in total. The molecule has 0 spiro atoms. The molecule has 1 N–H and O–H groups in total. The summed E-state index contributed by atoms with van der Waals surface area (Å²) in [6, 6.07) is 20.4. The fraction of sp³-hybridized carbons (Fsp3) is 0.333. The third-order valence-corrected chi connectivity index (χ3v) is 4.38. The first-order chi connectivity index (χ1) is 9.81. The first-order valence-corrected chi connectivity index (χ1v) is 7.39. The Morgan fingerprint density at radius 1 is 1.05 bits per heavy atom. The number of anilines is 1. The molecule has 0 aliphatic carbocycles. The van der Waals surface area contributed by atoms with Gasteiger partial charge in [-0.3, -0.25) is 0 Å². The molecule has 2 unspecified atom stereocenters. The van der Waals surface area contributed by atoms with E-state index in [1.807, 2.05) is 0 Å². The molecule has 2 heteroatoms. The highest BCUT2D eigenvalue weighted by Crippen LogP contribution is 2.38. The van der Waals surface area contributed by atoms with Crippen molar-refractivity contribution >= 4 is 5.69 Å². The van der Waals surface area contributed by atoms with Gasteiger partial charge < -0.3 is 10.2 Å². The van der Waals surface area contributed by atoms with Gasteiger partial charge in [-0.15, -0.1) is 0 Å². The lowest BCUT2D eigenvalue weighted by Crippen LogP contribution is -2.36. The zero-order valence-electron chi connectivity index (χ0n) is 12.2. The molecular weight excluding hydrogens is 244 g/mol. The van der Waals surface area contributed by atoms with E-state index in [0.29, 0.717) is 12.1 Å². The van der Waals surface area contributed by atoms with E-state index in [1.165, 1.54) is 16.8 Å². The molecule has 2 atom stereocenters. The van der Waals surface area contributed by atoms with E-state index in [-0.39, 0.29) is 0 Å². The molecule has 0 saturated heterocycles. The molecule has 2 aromatic carbocycles. The van der Waals surface area contributed by atoms with Crippen molar-refractivity contribution < 1.29 is 0 Å². The second-order valence-corrected chi connectivity index (χ2v) is 5.47. The molecule has 0 saturated carbocycles. The lowest BCUT2D eigenvalue weighted by atomic mass is 9.94. The van der Waals surface area contributed by atoms with Crippen LogP contribution in [0.25, 0.3) is 0 Å². The number of hydrogen-bond donors (Lipinski definition) is 1. The quantitative estimate of drug-likeness (QED) is 0.906. The Morgan fingerprint density at radius 2 is 1.75 bits per heavy atom. The Balaban J connectivity index is 1.96. The van der Waals surface area contributed by atoms with E-state index < -0.39 is 0 Å². The summed E-state index contributed by atoms with van der Waals surface area (Å²) >= 11 is 0. The highest BCUT2D eigenvalue weighted by molar-refractivity contribution is 5.58. The number of fused-ring (bicyclic) bond motifs is 1. The van der Waals surface area contributed by atoms with Crippen LogP contribution in [0.15, 0.2) is 54.6 Å². The Labute approximate surface area is 121 Å². The van der Waals surface area contributed by atoms with E-state index in [9.17, 15) is 0 Å². The van der Waals surface area contributed by atoms with Crippen LogP contribution in [0.5, 0.6) is 0 Å². The van der Waals surface area contributed by atoms with Gasteiger partial charge in [-0.1, -0.05) is 48.5 Å². The zero-order chi connectivity index (χ0) is 13.9. The number of benzene rings is 2. The molecule has 1 aliphatic heterocycles. The number of nitrogens with zero attached hydrogens (tertiary/aromatic N) is 1. The van der Waals surface area contributed by atoms with Gasteiger partial charge in [0.2, 0.25) is 0 Å². The summed E-state index contributed by atoms with van der Waals surface area (Å²) in [7, 11) is 2.05. The van der Waals surface area contributed by atoms with Crippen molar-refractivity contribution in [2.24, 2.45) is 0 Å². The van der Waals surface area contributed by atoms with Crippen LogP contribution in [0.1, 0.15) is 36.6 Å². The van der Waals surface area contributed by atoms with E-state index in [0.717, 1.165) is 13.0 Å². The van der Waals surface area contributed by atoms with Crippen LogP contribution in [0.4, 0.5) is 5.69 Å². The van der Waals surface area contributed by atoms with Crippen LogP contribution in [-0.4, -0.2) is 13.6 Å². The molecule has 0 bridgehead atoms. The number of nitrogens with one attached hydrogen (secondary N) is 1. The first kappa shape index (κ1) is 13.2. The number of hydrogen-bond acceptors (Lipinski definition) is 2. The molecule has 0 radical (unpaired) electrons. The van der Waals surface area contributed by atoms with Gasteiger partial charge in [0.05, 0.1) is 6.04 Å². The highest BCUT2D eigenvalue weighted by Gasteiger charge is 2.26. The standard InChI is InChI=1S/C18H22N2/c1-14(15-8-4-3-5-9-15)20-13-12-17(19-2)16-10-6-7-11-18(16)20/h3-11,14,17,19H,12-13H2,1-2H3. The van der Waals surface area contributed by atoms with Crippen LogP contribution in [0.2, 0.25) is 0 Å². The maximum absolute atomic E-state index is 3.43. The molecule has 20 heavy (non-hydrogen) atoms. The number of rotatable bonds is 3. The van der Waals surface area contributed by atoms with Crippen LogP contribution in [-0.2, 0) is 0 Å². The van der Waals surface area contributed by atoms with E-state index in [2.05, 4.69) is 78.8 Å². The Kier molecular flexibility index (Phi) is 3.75. The van der Waals surface area contributed by atoms with Crippen LogP contribution in [0.3, 0.4) is 0 Å². The lowest BCUT2D eigenvalue weighted by molar-refractivity contribution is 0.496. The monoisotopic (exact) mass is 266 g/mol. The fourth-order valence-electron chi connectivity index (χ4n) is 3.20. The molecule has 2 aromatic rings. The van der Waals surface area contributed by atoms with Gasteiger partial charge in [0.25, 0.3) is 0 Å². The third kappa shape index (κ3) is 2.32. The molecular formula is C18H22N2. The normalized spacial score (nSPS) is 19.5. The maximum atomic E-state index is 3.43. The van der Waals surface area contributed by atoms with Crippen LogP contribution in [0, 0.1) is 0 Å². The van der Waals surface area contributed by atoms with Crippen molar-refractivity contribution in [2.75, 3.05) is 18.5 Å². The minimum atomic E-state index is 0.412. The summed E-state index contributed by atoms with van der Waals surface area (Å²) in [4.78, 5) is 2.53. The van der Waals surface area contributed by atoms with Crippen molar-refractivity contribution in [1.29, 1.82) is 0 Å².